The van der Waals surface area contributed by atoms with E-state index in [0.717, 1.165) is 44.4 Å². The molecule has 8 heteroatoms. The smallest absolute Gasteiger partial charge is 0.303 e. The van der Waals surface area contributed by atoms with Crippen LogP contribution < -0.4 is 15.1 Å². The molecule has 0 aromatic heterocycles. The second-order valence-electron chi connectivity index (χ2n) is 9.16. The third kappa shape index (κ3) is 3.55. The normalized spacial score (nSPS) is 32.1. The molecule has 1 amide bonds. The van der Waals surface area contributed by atoms with Crippen LogP contribution in [0, 0.1) is 5.92 Å². The van der Waals surface area contributed by atoms with Crippen molar-refractivity contribution >= 4 is 11.9 Å². The van der Waals surface area contributed by atoms with Gasteiger partial charge in [-0.25, -0.2) is 0 Å². The number of nitrogens with zero attached hydrogens (tertiary/aromatic N) is 1. The zero-order valence-corrected chi connectivity index (χ0v) is 18.4. The van der Waals surface area contributed by atoms with Gasteiger partial charge in [-0.2, -0.15) is 5.48 Å². The summed E-state index contributed by atoms with van der Waals surface area (Å²) in [6, 6.07) is 4.49. The number of carbonyl (C=O) groups excluding carboxylic acids is 1. The largest absolute Gasteiger partial charge is 0.482 e. The standard InChI is InChI=1S/C19H24N2O4.C4H8O2/c1-10(22)20-25-15-6-3-11-9-13-12-4-5-14(23)18-19(12,7-8-21(13)2)16(11)17(15)24-18;1-2-3-4(5)6/h3,6,12-14,18,23H,4-5,7-9H2,1-2H3,(H,20,22);2-3H2,1H3,(H,5,6)/t12-,13+,14-,18-,19-;/m0./s1. The highest BCUT2D eigenvalue weighted by Crippen LogP contribution is 2.63. The lowest BCUT2D eigenvalue weighted by Crippen LogP contribution is -2.66. The highest BCUT2D eigenvalue weighted by atomic mass is 16.7. The number of benzene rings is 1. The minimum Gasteiger partial charge on any atom is -0.482 e. The summed E-state index contributed by atoms with van der Waals surface area (Å²) in [5.74, 6) is 0.809. The van der Waals surface area contributed by atoms with Crippen molar-refractivity contribution in [3.05, 3.63) is 23.3 Å². The summed E-state index contributed by atoms with van der Waals surface area (Å²) in [7, 11) is 2.22. The number of ether oxygens (including phenoxy) is 1. The van der Waals surface area contributed by atoms with Gasteiger partial charge >= 0.3 is 5.97 Å². The first-order valence-electron chi connectivity index (χ1n) is 11.2. The first-order valence-corrected chi connectivity index (χ1v) is 11.2. The number of nitrogens with one attached hydrogen (secondary N) is 1. The first-order chi connectivity index (χ1) is 14.8. The predicted molar refractivity (Wildman–Crippen MR) is 113 cm³/mol. The molecule has 31 heavy (non-hydrogen) atoms. The SMILES string of the molecule is CC(=O)NOc1ccc2c3c1O[C@H]1[C@@H](O)CC[C@H]4[C@@H](C2)N(C)CC[C@@]341.CCCC(=O)O. The van der Waals surface area contributed by atoms with E-state index in [4.69, 9.17) is 14.7 Å². The summed E-state index contributed by atoms with van der Waals surface area (Å²) in [6.45, 7) is 4.27. The maximum absolute atomic E-state index is 11.2. The number of hydrogen-bond acceptors (Lipinski definition) is 6. The summed E-state index contributed by atoms with van der Waals surface area (Å²) >= 11 is 0. The van der Waals surface area contributed by atoms with E-state index in [1.807, 2.05) is 13.0 Å². The summed E-state index contributed by atoms with van der Waals surface area (Å²) in [5.41, 5.74) is 4.82. The molecule has 1 aromatic rings. The van der Waals surface area contributed by atoms with Crippen molar-refractivity contribution in [1.29, 1.82) is 0 Å². The van der Waals surface area contributed by atoms with Gasteiger partial charge in [0.15, 0.2) is 11.5 Å². The van der Waals surface area contributed by atoms with Crippen LogP contribution in [0.1, 0.15) is 57.1 Å². The molecule has 3 N–H and O–H groups in total. The molecule has 2 fully saturated rings. The van der Waals surface area contributed by atoms with Crippen LogP contribution in [0.5, 0.6) is 11.5 Å². The number of likely N-dealkylation sites (N-methyl/N-ethyl adjacent to an activating group) is 1. The van der Waals surface area contributed by atoms with Gasteiger partial charge in [-0.05, 0) is 63.2 Å². The summed E-state index contributed by atoms with van der Waals surface area (Å²) in [4.78, 5) is 28.8. The van der Waals surface area contributed by atoms with E-state index in [1.54, 1.807) is 0 Å². The van der Waals surface area contributed by atoms with Crippen molar-refractivity contribution in [2.24, 2.45) is 5.92 Å². The van der Waals surface area contributed by atoms with E-state index in [1.165, 1.54) is 18.1 Å². The number of rotatable bonds is 4. The minimum atomic E-state index is -0.711. The molecule has 2 aliphatic heterocycles. The Labute approximate surface area is 182 Å². The number of carboxylic acid groups (broad SMARTS) is 1. The molecule has 2 heterocycles. The molecule has 1 saturated heterocycles. The van der Waals surface area contributed by atoms with Gasteiger partial charge in [-0.3, -0.25) is 9.59 Å². The van der Waals surface area contributed by atoms with Gasteiger partial charge in [0.05, 0.1) is 6.10 Å². The van der Waals surface area contributed by atoms with Crippen molar-refractivity contribution in [1.82, 2.24) is 10.4 Å². The van der Waals surface area contributed by atoms with Crippen molar-refractivity contribution < 1.29 is 29.4 Å². The van der Waals surface area contributed by atoms with E-state index >= 15 is 0 Å². The lowest BCUT2D eigenvalue weighted by Gasteiger charge is -2.58. The average molecular weight is 433 g/mol. The second-order valence-corrected chi connectivity index (χ2v) is 9.16. The number of amides is 1. The van der Waals surface area contributed by atoms with Crippen molar-refractivity contribution in [3.8, 4) is 11.5 Å². The number of carbonyl (C=O) groups is 2. The van der Waals surface area contributed by atoms with E-state index in [2.05, 4.69) is 23.5 Å². The fourth-order valence-corrected chi connectivity index (χ4v) is 6.12. The molecular weight excluding hydrogens is 400 g/mol. The van der Waals surface area contributed by atoms with Crippen LogP contribution in [0.15, 0.2) is 12.1 Å². The maximum atomic E-state index is 11.2. The molecule has 5 atom stereocenters. The minimum absolute atomic E-state index is 0.118. The van der Waals surface area contributed by atoms with Crippen molar-refractivity contribution in [2.45, 2.75) is 76.0 Å². The van der Waals surface area contributed by atoms with Gasteiger partial charge in [0.25, 0.3) is 0 Å². The van der Waals surface area contributed by atoms with Gasteiger partial charge in [0.1, 0.15) is 6.10 Å². The molecule has 170 valence electrons. The molecule has 2 aliphatic carbocycles. The number of aliphatic hydroxyl groups excluding tert-OH is 1. The van der Waals surface area contributed by atoms with E-state index in [0.29, 0.717) is 24.1 Å². The molecule has 1 spiro atoms. The molecule has 2 bridgehead atoms. The second kappa shape index (κ2) is 8.31. The maximum Gasteiger partial charge on any atom is 0.303 e. The number of aliphatic hydroxyl groups is 1. The van der Waals surface area contributed by atoms with Crippen LogP contribution in [0.2, 0.25) is 0 Å². The predicted octanol–water partition coefficient (Wildman–Crippen LogP) is 2.02. The van der Waals surface area contributed by atoms with Gasteiger partial charge in [0.2, 0.25) is 5.91 Å². The topological polar surface area (TPSA) is 108 Å². The molecule has 0 unspecified atom stereocenters. The number of carboxylic acids is 1. The third-order valence-electron chi connectivity index (χ3n) is 7.32. The zero-order valence-electron chi connectivity index (χ0n) is 18.4. The quantitative estimate of drug-likeness (QED) is 0.625. The Morgan fingerprint density at radius 3 is 2.77 bits per heavy atom. The van der Waals surface area contributed by atoms with Crippen LogP contribution in [-0.2, 0) is 21.4 Å². The van der Waals surface area contributed by atoms with Crippen LogP contribution in [0.3, 0.4) is 0 Å². The number of likely N-dealkylation sites (tertiary alicyclic amines) is 1. The molecular formula is C23H32N2O6. The lowest BCUT2D eigenvalue weighted by atomic mass is 9.51. The van der Waals surface area contributed by atoms with Crippen molar-refractivity contribution in [2.75, 3.05) is 13.6 Å². The Morgan fingerprint density at radius 2 is 2.13 bits per heavy atom. The average Bonchev–Trinajstić information content (AvgIpc) is 3.07. The Morgan fingerprint density at radius 1 is 1.35 bits per heavy atom. The molecule has 4 aliphatic rings. The number of piperidine rings is 1. The van der Waals surface area contributed by atoms with E-state index < -0.39 is 12.1 Å². The fourth-order valence-electron chi connectivity index (χ4n) is 6.12. The van der Waals surface area contributed by atoms with Crippen LogP contribution in [0.4, 0.5) is 0 Å². The van der Waals surface area contributed by atoms with Crippen LogP contribution >= 0.6 is 0 Å². The number of aliphatic carboxylic acids is 1. The zero-order chi connectivity index (χ0) is 22.3. The monoisotopic (exact) mass is 432 g/mol. The number of hydrogen-bond donors (Lipinski definition) is 3. The number of hydroxylamine groups is 1. The summed E-state index contributed by atoms with van der Waals surface area (Å²) in [5, 5.41) is 18.6. The molecule has 8 nitrogen and oxygen atoms in total. The van der Waals surface area contributed by atoms with Gasteiger partial charge in [-0.1, -0.05) is 13.0 Å². The van der Waals surface area contributed by atoms with Gasteiger partial charge < -0.3 is 24.7 Å². The van der Waals surface area contributed by atoms with Gasteiger partial charge in [0, 0.05) is 30.4 Å². The van der Waals surface area contributed by atoms with Crippen LogP contribution in [-0.4, -0.2) is 58.8 Å². The van der Waals surface area contributed by atoms with Crippen molar-refractivity contribution in [3.63, 3.8) is 0 Å². The van der Waals surface area contributed by atoms with E-state index in [-0.39, 0.29) is 17.4 Å². The highest BCUT2D eigenvalue weighted by Gasteiger charge is 2.65. The summed E-state index contributed by atoms with van der Waals surface area (Å²) in [6.07, 6.45) is 4.19. The van der Waals surface area contributed by atoms with Crippen LogP contribution in [0.25, 0.3) is 0 Å². The Hall–Kier alpha value is -2.32. The lowest BCUT2D eigenvalue weighted by molar-refractivity contribution is -0.137. The Bertz CT molecular complexity index is 874. The summed E-state index contributed by atoms with van der Waals surface area (Å²) < 4.78 is 6.34. The Balaban J connectivity index is 0.000000342. The third-order valence-corrected chi connectivity index (χ3v) is 7.32. The molecule has 5 rings (SSSR count). The Kier molecular flexibility index (Phi) is 5.87. The first kappa shape index (κ1) is 21.9. The van der Waals surface area contributed by atoms with E-state index in [9.17, 15) is 14.7 Å². The highest BCUT2D eigenvalue weighted by molar-refractivity contribution is 5.72. The van der Waals surface area contributed by atoms with Gasteiger partial charge in [-0.15, -0.1) is 0 Å². The molecule has 1 aromatic carbocycles. The molecule has 0 radical (unpaired) electrons. The molecule has 1 saturated carbocycles. The fraction of sp³-hybridized carbons (Fsp3) is 0.652.